The van der Waals surface area contributed by atoms with Gasteiger partial charge in [-0.15, -0.1) is 0 Å². The molecule has 1 N–H and O–H groups in total. The van der Waals surface area contributed by atoms with E-state index in [0.717, 1.165) is 0 Å². The Kier molecular flexibility index (Phi) is 5.57. The normalized spacial score (nSPS) is 9.33. The summed E-state index contributed by atoms with van der Waals surface area (Å²) in [6.45, 7) is 0. The molecule has 0 heterocycles. The van der Waals surface area contributed by atoms with Crippen LogP contribution in [-0.4, -0.2) is 12.9 Å². The first-order valence-corrected chi connectivity index (χ1v) is 7.22. The third kappa shape index (κ3) is 3.92. The first-order valence-electron chi connectivity index (χ1n) is 6.84. The fourth-order valence-corrected chi connectivity index (χ4v) is 2.09. The van der Waals surface area contributed by atoms with Gasteiger partial charge in [-0.25, -0.2) is 0 Å². The quantitative estimate of drug-likeness (QED) is 0.660. The molecular formula is C18H12ClN3O2. The van der Waals surface area contributed by atoms with Crippen LogP contribution in [0.15, 0.2) is 54.2 Å². The fourth-order valence-electron chi connectivity index (χ4n) is 1.96. The van der Waals surface area contributed by atoms with Gasteiger partial charge in [-0.2, -0.15) is 10.5 Å². The summed E-state index contributed by atoms with van der Waals surface area (Å²) in [5.41, 5.74) is 1.16. The number of nitrogens with one attached hydrogen (secondary N) is 1. The van der Waals surface area contributed by atoms with Gasteiger partial charge in [0.05, 0.1) is 7.11 Å². The van der Waals surface area contributed by atoms with E-state index < -0.39 is 0 Å². The predicted octanol–water partition coefficient (Wildman–Crippen LogP) is 3.92. The Labute approximate surface area is 144 Å². The number of halogens is 1. The van der Waals surface area contributed by atoms with E-state index in [-0.39, 0.29) is 11.4 Å². The van der Waals surface area contributed by atoms with Crippen LogP contribution < -0.4 is 10.1 Å². The molecule has 0 aliphatic heterocycles. The van der Waals surface area contributed by atoms with Crippen molar-refractivity contribution in [3.05, 3.63) is 70.4 Å². The number of hydrogen-bond acceptors (Lipinski definition) is 5. The maximum atomic E-state index is 12.7. The van der Waals surface area contributed by atoms with Gasteiger partial charge in [-0.05, 0) is 42.5 Å². The molecule has 2 aromatic rings. The summed E-state index contributed by atoms with van der Waals surface area (Å²) in [4.78, 5) is 12.7. The lowest BCUT2D eigenvalue weighted by molar-refractivity contribution is 0.103. The number of benzene rings is 2. The molecule has 0 amide bonds. The van der Waals surface area contributed by atoms with Gasteiger partial charge in [-0.1, -0.05) is 11.6 Å². The fraction of sp³-hybridized carbons (Fsp3) is 0.0556. The number of nitriles is 2. The highest BCUT2D eigenvalue weighted by molar-refractivity contribution is 6.30. The zero-order valence-corrected chi connectivity index (χ0v) is 13.5. The van der Waals surface area contributed by atoms with Gasteiger partial charge in [0.2, 0.25) is 0 Å². The van der Waals surface area contributed by atoms with Crippen molar-refractivity contribution in [3.8, 4) is 17.9 Å². The molecular weight excluding hydrogens is 326 g/mol. The van der Waals surface area contributed by atoms with E-state index in [1.165, 1.54) is 13.3 Å². The lowest BCUT2D eigenvalue weighted by atomic mass is 10.0. The summed E-state index contributed by atoms with van der Waals surface area (Å²) in [5, 5.41) is 20.9. The minimum absolute atomic E-state index is 0.101. The molecule has 0 saturated heterocycles. The summed E-state index contributed by atoms with van der Waals surface area (Å²) < 4.78 is 5.16. The van der Waals surface area contributed by atoms with Crippen molar-refractivity contribution in [2.24, 2.45) is 0 Å². The molecule has 0 aliphatic rings. The number of ether oxygens (including phenoxy) is 1. The molecule has 5 nitrogen and oxygen atoms in total. The van der Waals surface area contributed by atoms with Crippen molar-refractivity contribution in [1.82, 2.24) is 0 Å². The number of ketones is 1. The Hall–Kier alpha value is -3.28. The lowest BCUT2D eigenvalue weighted by Gasteiger charge is -2.11. The maximum absolute atomic E-state index is 12.7. The molecule has 6 heteroatoms. The maximum Gasteiger partial charge on any atom is 0.195 e. The first-order chi connectivity index (χ1) is 11.6. The summed E-state index contributed by atoms with van der Waals surface area (Å²) >= 11 is 5.85. The number of rotatable bonds is 5. The molecule has 0 atom stereocenters. The molecule has 2 aromatic carbocycles. The average Bonchev–Trinajstić information content (AvgIpc) is 2.62. The van der Waals surface area contributed by atoms with Crippen LogP contribution in [-0.2, 0) is 0 Å². The summed E-state index contributed by atoms with van der Waals surface area (Å²) in [5.74, 6) is 0.277. The third-order valence-electron chi connectivity index (χ3n) is 3.19. The smallest absolute Gasteiger partial charge is 0.195 e. The zero-order chi connectivity index (χ0) is 17.5. The number of carbonyl (C=O) groups is 1. The van der Waals surface area contributed by atoms with Gasteiger partial charge < -0.3 is 10.1 Å². The minimum atomic E-state index is -0.239. The molecule has 0 aliphatic carbocycles. The van der Waals surface area contributed by atoms with Crippen LogP contribution >= 0.6 is 11.6 Å². The number of anilines is 1. The van der Waals surface area contributed by atoms with Gasteiger partial charge in [0.25, 0.3) is 0 Å². The molecule has 0 unspecified atom stereocenters. The molecule has 0 saturated carbocycles. The number of hydrogen-bond donors (Lipinski definition) is 1. The van der Waals surface area contributed by atoms with Crippen LogP contribution in [0.25, 0.3) is 0 Å². The first kappa shape index (κ1) is 17.1. The Balaban J connectivity index is 2.45. The molecule has 0 fully saturated rings. The number of methoxy groups -OCH3 is 1. The molecule has 2 rings (SSSR count). The molecule has 118 valence electrons. The van der Waals surface area contributed by atoms with E-state index in [4.69, 9.17) is 26.9 Å². The van der Waals surface area contributed by atoms with Crippen molar-refractivity contribution in [1.29, 1.82) is 10.5 Å². The average molecular weight is 338 g/mol. The third-order valence-corrected chi connectivity index (χ3v) is 3.44. The lowest BCUT2D eigenvalue weighted by Crippen LogP contribution is -2.06. The van der Waals surface area contributed by atoms with E-state index in [1.54, 1.807) is 54.6 Å². The van der Waals surface area contributed by atoms with Crippen molar-refractivity contribution in [2.45, 2.75) is 0 Å². The second kappa shape index (κ2) is 7.82. The Morgan fingerprint density at radius 1 is 1.17 bits per heavy atom. The summed E-state index contributed by atoms with van der Waals surface area (Å²) in [7, 11) is 1.50. The van der Waals surface area contributed by atoms with Gasteiger partial charge in [-0.3, -0.25) is 4.79 Å². The highest BCUT2D eigenvalue weighted by Gasteiger charge is 2.15. The number of nitrogens with zero attached hydrogens (tertiary/aromatic N) is 2. The van der Waals surface area contributed by atoms with Crippen LogP contribution in [0, 0.1) is 22.7 Å². The van der Waals surface area contributed by atoms with Crippen LogP contribution in [0.2, 0.25) is 5.02 Å². The molecule has 0 spiro atoms. The van der Waals surface area contributed by atoms with E-state index in [0.29, 0.717) is 27.6 Å². The van der Waals surface area contributed by atoms with E-state index in [1.807, 2.05) is 0 Å². The standard InChI is InChI=1S/C18H12ClN3O2/c1-24-15-6-7-17(22-11-12(9-20)10-21)16(8-15)18(23)13-2-4-14(19)5-3-13/h2-8,11,22H,1H3. The van der Waals surface area contributed by atoms with Gasteiger partial charge in [0.1, 0.15) is 23.5 Å². The predicted molar refractivity (Wildman–Crippen MR) is 90.8 cm³/mol. The highest BCUT2D eigenvalue weighted by atomic mass is 35.5. The Bertz CT molecular complexity index is 859. The van der Waals surface area contributed by atoms with Crippen LogP contribution in [0.1, 0.15) is 15.9 Å². The van der Waals surface area contributed by atoms with Crippen LogP contribution in [0.5, 0.6) is 5.75 Å². The van der Waals surface area contributed by atoms with Crippen molar-refractivity contribution < 1.29 is 9.53 Å². The van der Waals surface area contributed by atoms with Crippen molar-refractivity contribution >= 4 is 23.1 Å². The second-order valence-corrected chi connectivity index (χ2v) is 5.11. The van der Waals surface area contributed by atoms with E-state index >= 15 is 0 Å². The van der Waals surface area contributed by atoms with Crippen molar-refractivity contribution in [2.75, 3.05) is 12.4 Å². The molecule has 24 heavy (non-hydrogen) atoms. The SMILES string of the molecule is COc1ccc(NC=C(C#N)C#N)c(C(=O)c2ccc(Cl)cc2)c1. The van der Waals surface area contributed by atoms with Crippen LogP contribution in [0.3, 0.4) is 0 Å². The zero-order valence-electron chi connectivity index (χ0n) is 12.7. The monoisotopic (exact) mass is 337 g/mol. The van der Waals surface area contributed by atoms with E-state index in [9.17, 15) is 4.79 Å². The van der Waals surface area contributed by atoms with Gasteiger partial charge in [0.15, 0.2) is 5.78 Å². The summed E-state index contributed by atoms with van der Waals surface area (Å²) in [6, 6.07) is 14.9. The van der Waals surface area contributed by atoms with Gasteiger partial charge in [0, 0.05) is 28.0 Å². The Morgan fingerprint density at radius 2 is 1.83 bits per heavy atom. The topological polar surface area (TPSA) is 85.9 Å². The molecule has 0 bridgehead atoms. The molecule has 0 radical (unpaired) electrons. The summed E-state index contributed by atoms with van der Waals surface area (Å²) in [6.07, 6.45) is 1.25. The molecule has 0 aromatic heterocycles. The minimum Gasteiger partial charge on any atom is -0.497 e. The highest BCUT2D eigenvalue weighted by Crippen LogP contribution is 2.25. The Morgan fingerprint density at radius 3 is 2.42 bits per heavy atom. The number of allylic oxidation sites excluding steroid dienone is 1. The van der Waals surface area contributed by atoms with Crippen molar-refractivity contribution in [3.63, 3.8) is 0 Å². The van der Waals surface area contributed by atoms with Gasteiger partial charge >= 0.3 is 0 Å². The number of carbonyl (C=O) groups excluding carboxylic acids is 1. The second-order valence-electron chi connectivity index (χ2n) is 4.67. The van der Waals surface area contributed by atoms with E-state index in [2.05, 4.69) is 5.32 Å². The van der Waals surface area contributed by atoms with Crippen LogP contribution in [0.4, 0.5) is 5.69 Å². The largest absolute Gasteiger partial charge is 0.497 e.